The molecule has 6 heteroatoms. The smallest absolute Gasteiger partial charge is 0.280 e. The first-order valence-electron chi connectivity index (χ1n) is 5.67. The Labute approximate surface area is 99.3 Å². The van der Waals surface area contributed by atoms with Crippen LogP contribution in [0.5, 0.6) is 0 Å². The van der Waals surface area contributed by atoms with Crippen LogP contribution in [0.4, 0.5) is 0 Å². The van der Waals surface area contributed by atoms with Gasteiger partial charge in [0, 0.05) is 13.1 Å². The summed E-state index contributed by atoms with van der Waals surface area (Å²) in [7, 11) is -3.52. The second-order valence-corrected chi connectivity index (χ2v) is 6.34. The Morgan fingerprint density at radius 2 is 1.56 bits per heavy atom. The Kier molecular flexibility index (Phi) is 6.47. The lowest BCUT2D eigenvalue weighted by Crippen LogP contribution is -2.44. The first-order valence-corrected chi connectivity index (χ1v) is 7.12. The van der Waals surface area contributed by atoms with E-state index in [0.717, 1.165) is 12.8 Å². The van der Waals surface area contributed by atoms with Gasteiger partial charge in [-0.05, 0) is 33.6 Å². The van der Waals surface area contributed by atoms with Gasteiger partial charge in [0.05, 0.1) is 5.60 Å². The lowest BCUT2D eigenvalue weighted by Gasteiger charge is -2.24. The van der Waals surface area contributed by atoms with Crippen LogP contribution < -0.4 is 4.89 Å². The Morgan fingerprint density at radius 1 is 1.12 bits per heavy atom. The Hall–Kier alpha value is -0.170. The van der Waals surface area contributed by atoms with Gasteiger partial charge in [-0.3, -0.25) is 4.84 Å². The third kappa shape index (κ3) is 6.42. The van der Waals surface area contributed by atoms with Crippen molar-refractivity contribution in [3.63, 3.8) is 0 Å². The van der Waals surface area contributed by atoms with E-state index in [1.54, 1.807) is 20.8 Å². The molecule has 5 nitrogen and oxygen atoms in total. The predicted octanol–water partition coefficient (Wildman–Crippen LogP) is 1.67. The van der Waals surface area contributed by atoms with Crippen LogP contribution in [0.2, 0.25) is 0 Å². The molecule has 0 rings (SSSR count). The van der Waals surface area contributed by atoms with Crippen LogP contribution in [0.3, 0.4) is 0 Å². The summed E-state index contributed by atoms with van der Waals surface area (Å²) < 4.78 is 25.1. The average Bonchev–Trinajstić information content (AvgIpc) is 2.14. The summed E-state index contributed by atoms with van der Waals surface area (Å²) in [5, 5.41) is 0. The molecular formula is C10H24N2O3S. The van der Waals surface area contributed by atoms with Crippen molar-refractivity contribution < 1.29 is 13.3 Å². The molecule has 0 radical (unpaired) electrons. The molecule has 16 heavy (non-hydrogen) atoms. The van der Waals surface area contributed by atoms with E-state index >= 15 is 0 Å². The molecule has 0 spiro atoms. The van der Waals surface area contributed by atoms with Crippen LogP contribution in [0.25, 0.3) is 0 Å². The van der Waals surface area contributed by atoms with Crippen molar-refractivity contribution in [2.24, 2.45) is 0 Å². The maximum Gasteiger partial charge on any atom is 0.301 e. The zero-order valence-electron chi connectivity index (χ0n) is 10.9. The second kappa shape index (κ2) is 6.54. The highest BCUT2D eigenvalue weighted by molar-refractivity contribution is 7.87. The molecule has 0 aromatic heterocycles. The van der Waals surface area contributed by atoms with Crippen molar-refractivity contribution in [2.75, 3.05) is 13.1 Å². The minimum atomic E-state index is -3.52. The molecule has 0 amide bonds. The van der Waals surface area contributed by atoms with Crippen molar-refractivity contribution in [3.8, 4) is 0 Å². The van der Waals surface area contributed by atoms with Gasteiger partial charge in [-0.15, -0.1) is 0 Å². The van der Waals surface area contributed by atoms with Gasteiger partial charge < -0.3 is 0 Å². The second-order valence-electron chi connectivity index (χ2n) is 4.70. The molecule has 0 aliphatic rings. The molecular weight excluding hydrogens is 228 g/mol. The Balaban J connectivity index is 4.47. The lowest BCUT2D eigenvalue weighted by atomic mass is 10.2. The highest BCUT2D eigenvalue weighted by Gasteiger charge is 2.23. The number of nitrogens with zero attached hydrogens (tertiary/aromatic N) is 1. The highest BCUT2D eigenvalue weighted by atomic mass is 32.2. The van der Waals surface area contributed by atoms with Crippen molar-refractivity contribution in [2.45, 2.75) is 53.1 Å². The molecule has 0 aliphatic carbocycles. The van der Waals surface area contributed by atoms with E-state index in [9.17, 15) is 8.42 Å². The molecule has 0 saturated carbocycles. The Morgan fingerprint density at radius 3 is 1.88 bits per heavy atom. The molecule has 0 aromatic carbocycles. The van der Waals surface area contributed by atoms with E-state index < -0.39 is 15.8 Å². The van der Waals surface area contributed by atoms with Gasteiger partial charge in [-0.1, -0.05) is 18.7 Å². The SMILES string of the molecule is CCCN(CCC)S(=O)(=O)NOC(C)(C)C. The van der Waals surface area contributed by atoms with Crippen LogP contribution in [0.15, 0.2) is 0 Å². The fourth-order valence-electron chi connectivity index (χ4n) is 1.08. The largest absolute Gasteiger partial charge is 0.301 e. The number of rotatable bonds is 7. The molecule has 0 bridgehead atoms. The van der Waals surface area contributed by atoms with Crippen LogP contribution in [0.1, 0.15) is 47.5 Å². The van der Waals surface area contributed by atoms with Gasteiger partial charge in [0.1, 0.15) is 0 Å². The molecule has 0 unspecified atom stereocenters. The van der Waals surface area contributed by atoms with E-state index in [2.05, 4.69) is 4.89 Å². The average molecular weight is 252 g/mol. The topological polar surface area (TPSA) is 58.6 Å². The molecule has 0 saturated heterocycles. The van der Waals surface area contributed by atoms with Crippen LogP contribution >= 0.6 is 0 Å². The monoisotopic (exact) mass is 252 g/mol. The van der Waals surface area contributed by atoms with E-state index in [0.29, 0.717) is 13.1 Å². The quantitative estimate of drug-likeness (QED) is 0.701. The summed E-state index contributed by atoms with van der Waals surface area (Å²) in [5.74, 6) is 0. The van der Waals surface area contributed by atoms with Gasteiger partial charge in [-0.25, -0.2) is 0 Å². The molecule has 0 aromatic rings. The fraction of sp³-hybridized carbons (Fsp3) is 1.00. The summed E-state index contributed by atoms with van der Waals surface area (Å²) in [6.07, 6.45) is 1.58. The van der Waals surface area contributed by atoms with Crippen molar-refractivity contribution in [1.29, 1.82) is 0 Å². The fourth-order valence-corrected chi connectivity index (χ4v) is 2.39. The van der Waals surface area contributed by atoms with Gasteiger partial charge in [-0.2, -0.15) is 12.7 Å². The maximum absolute atomic E-state index is 11.8. The zero-order valence-corrected chi connectivity index (χ0v) is 11.7. The normalized spacial score (nSPS) is 13.4. The van der Waals surface area contributed by atoms with Crippen LogP contribution in [-0.4, -0.2) is 31.4 Å². The van der Waals surface area contributed by atoms with Gasteiger partial charge >= 0.3 is 10.2 Å². The maximum atomic E-state index is 11.8. The molecule has 98 valence electrons. The summed E-state index contributed by atoms with van der Waals surface area (Å²) in [6.45, 7) is 10.3. The number of hydrogen-bond acceptors (Lipinski definition) is 3. The summed E-state index contributed by atoms with van der Waals surface area (Å²) in [5.41, 5.74) is -0.531. The number of nitrogens with one attached hydrogen (secondary N) is 1. The molecule has 1 N–H and O–H groups in total. The molecule has 0 atom stereocenters. The number of hydrogen-bond donors (Lipinski definition) is 1. The van der Waals surface area contributed by atoms with Crippen molar-refractivity contribution >= 4 is 10.2 Å². The molecule has 0 fully saturated rings. The van der Waals surface area contributed by atoms with Gasteiger partial charge in [0.2, 0.25) is 0 Å². The first-order chi connectivity index (χ1) is 7.23. The predicted molar refractivity (Wildman–Crippen MR) is 65.0 cm³/mol. The standard InChI is InChI=1S/C10H24N2O3S/c1-6-8-12(9-7-2)16(13,14)11-15-10(3,4)5/h11H,6-9H2,1-5H3. The Bertz CT molecular complexity index is 277. The minimum absolute atomic E-state index is 0.511. The highest BCUT2D eigenvalue weighted by Crippen LogP contribution is 2.07. The summed E-state index contributed by atoms with van der Waals surface area (Å²) in [4.78, 5) is 7.25. The van der Waals surface area contributed by atoms with E-state index in [4.69, 9.17) is 4.84 Å². The van der Waals surface area contributed by atoms with Crippen LogP contribution in [0, 0.1) is 0 Å². The van der Waals surface area contributed by atoms with E-state index in [-0.39, 0.29) is 0 Å². The van der Waals surface area contributed by atoms with Crippen molar-refractivity contribution in [3.05, 3.63) is 0 Å². The zero-order chi connectivity index (χ0) is 12.8. The first kappa shape index (κ1) is 15.8. The summed E-state index contributed by atoms with van der Waals surface area (Å²) >= 11 is 0. The minimum Gasteiger partial charge on any atom is -0.280 e. The third-order valence-electron chi connectivity index (χ3n) is 1.74. The lowest BCUT2D eigenvalue weighted by molar-refractivity contribution is -0.0381. The van der Waals surface area contributed by atoms with Gasteiger partial charge in [0.25, 0.3) is 0 Å². The molecule has 0 heterocycles. The molecule has 0 aliphatic heterocycles. The van der Waals surface area contributed by atoms with Crippen LogP contribution in [-0.2, 0) is 15.0 Å². The van der Waals surface area contributed by atoms with E-state index in [1.807, 2.05) is 13.8 Å². The van der Waals surface area contributed by atoms with E-state index in [1.165, 1.54) is 4.31 Å². The third-order valence-corrected chi connectivity index (χ3v) is 3.08. The van der Waals surface area contributed by atoms with Gasteiger partial charge in [0.15, 0.2) is 0 Å². The summed E-state index contributed by atoms with van der Waals surface area (Å²) in [6, 6.07) is 0. The van der Waals surface area contributed by atoms with Crippen molar-refractivity contribution in [1.82, 2.24) is 9.19 Å².